The number of carboxylic acid groups (broad SMARTS) is 1. The monoisotopic (exact) mass is 289 g/mol. The zero-order chi connectivity index (χ0) is 14.8. The molecule has 1 aromatic rings. The minimum absolute atomic E-state index is 0.0467. The first-order valence-corrected chi connectivity index (χ1v) is 6.89. The molecule has 0 aliphatic heterocycles. The molecule has 1 atom stereocenters. The summed E-state index contributed by atoms with van der Waals surface area (Å²) in [5.41, 5.74) is 4.67. The van der Waals surface area contributed by atoms with Crippen molar-refractivity contribution in [3.8, 4) is 0 Å². The summed E-state index contributed by atoms with van der Waals surface area (Å²) in [6.45, 7) is 0.994. The van der Waals surface area contributed by atoms with Crippen molar-refractivity contribution in [3.05, 3.63) is 35.1 Å². The molecule has 0 spiro atoms. The van der Waals surface area contributed by atoms with Crippen LogP contribution in [0.25, 0.3) is 0 Å². The van der Waals surface area contributed by atoms with E-state index in [0.29, 0.717) is 0 Å². The van der Waals surface area contributed by atoms with E-state index >= 15 is 0 Å². The Morgan fingerprint density at radius 3 is 2.47 bits per heavy atom. The van der Waals surface area contributed by atoms with Gasteiger partial charge in [0, 0.05) is 11.1 Å². The minimum Gasteiger partial charge on any atom is -0.480 e. The number of hydrogen-bond donors (Lipinski definition) is 2. The lowest BCUT2D eigenvalue weighted by Crippen LogP contribution is -2.28. The molecule has 1 aromatic carbocycles. The maximum absolute atomic E-state index is 13.5. The van der Waals surface area contributed by atoms with Gasteiger partial charge in [-0.15, -0.1) is 0 Å². The van der Waals surface area contributed by atoms with E-state index in [4.69, 9.17) is 10.8 Å². The third-order valence-corrected chi connectivity index (χ3v) is 4.57. The summed E-state index contributed by atoms with van der Waals surface area (Å²) < 4.78 is 36.9. The highest BCUT2D eigenvalue weighted by atomic mass is 32.2. The second-order valence-corrected chi connectivity index (χ2v) is 6.28. The molecule has 6 nitrogen and oxygen atoms in total. The van der Waals surface area contributed by atoms with Gasteiger partial charge >= 0.3 is 5.97 Å². The van der Waals surface area contributed by atoms with E-state index in [1.807, 2.05) is 0 Å². The molecule has 1 amide bonds. The van der Waals surface area contributed by atoms with E-state index < -0.39 is 38.5 Å². The predicted molar refractivity (Wildman–Crippen MR) is 64.6 cm³/mol. The van der Waals surface area contributed by atoms with E-state index in [1.54, 1.807) is 0 Å². The van der Waals surface area contributed by atoms with Crippen LogP contribution in [-0.2, 0) is 20.4 Å². The Balaban J connectivity index is 3.15. The maximum atomic E-state index is 13.5. The number of carbonyl (C=O) groups is 2. The standard InChI is InChI=1S/C11H12FNO5S/c1-6(11(15)16)19(17,18)5-8-4-7(10(13)14)2-3-9(8)12/h2-4,6H,5H2,1H3,(H2,13,14)(H,15,16). The Kier molecular flexibility index (Phi) is 4.25. The number of hydrogen-bond acceptors (Lipinski definition) is 4. The molecule has 0 saturated heterocycles. The lowest BCUT2D eigenvalue weighted by molar-refractivity contribution is -0.136. The number of primary amides is 1. The molecule has 0 aliphatic carbocycles. The molecule has 104 valence electrons. The van der Waals surface area contributed by atoms with Gasteiger partial charge in [-0.2, -0.15) is 0 Å². The molecule has 1 rings (SSSR count). The van der Waals surface area contributed by atoms with E-state index in [9.17, 15) is 22.4 Å². The summed E-state index contributed by atoms with van der Waals surface area (Å²) in [6.07, 6.45) is 0. The van der Waals surface area contributed by atoms with Crippen molar-refractivity contribution in [2.75, 3.05) is 0 Å². The topological polar surface area (TPSA) is 115 Å². The molecule has 0 bridgehead atoms. The largest absolute Gasteiger partial charge is 0.480 e. The van der Waals surface area contributed by atoms with Crippen molar-refractivity contribution < 1.29 is 27.5 Å². The Morgan fingerprint density at radius 1 is 1.42 bits per heavy atom. The lowest BCUT2D eigenvalue weighted by atomic mass is 10.1. The van der Waals surface area contributed by atoms with Crippen molar-refractivity contribution in [3.63, 3.8) is 0 Å². The number of nitrogens with two attached hydrogens (primary N) is 1. The van der Waals surface area contributed by atoms with E-state index in [1.165, 1.54) is 0 Å². The number of amides is 1. The Morgan fingerprint density at radius 2 is 2.00 bits per heavy atom. The molecule has 0 radical (unpaired) electrons. The number of carboxylic acids is 1. The fraction of sp³-hybridized carbons (Fsp3) is 0.273. The fourth-order valence-electron chi connectivity index (χ4n) is 1.33. The van der Waals surface area contributed by atoms with Gasteiger partial charge < -0.3 is 10.8 Å². The average Bonchev–Trinajstić information content (AvgIpc) is 2.30. The number of sulfone groups is 1. The summed E-state index contributed by atoms with van der Waals surface area (Å²) in [5, 5.41) is 7.00. The van der Waals surface area contributed by atoms with Gasteiger partial charge in [-0.25, -0.2) is 12.8 Å². The van der Waals surface area contributed by atoms with Crippen LogP contribution in [-0.4, -0.2) is 30.7 Å². The first-order chi connectivity index (χ1) is 8.65. The van der Waals surface area contributed by atoms with Crippen LogP contribution in [0, 0.1) is 5.82 Å². The lowest BCUT2D eigenvalue weighted by Gasteiger charge is -2.10. The van der Waals surface area contributed by atoms with Crippen molar-refractivity contribution in [2.24, 2.45) is 5.73 Å². The van der Waals surface area contributed by atoms with Crippen LogP contribution < -0.4 is 5.73 Å². The van der Waals surface area contributed by atoms with Gasteiger partial charge in [-0.3, -0.25) is 9.59 Å². The molecule has 0 heterocycles. The quantitative estimate of drug-likeness (QED) is 0.809. The summed E-state index contributed by atoms with van der Waals surface area (Å²) in [6, 6.07) is 3.04. The normalized spacial score (nSPS) is 12.9. The third kappa shape index (κ3) is 3.50. The number of halogens is 1. The van der Waals surface area contributed by atoms with E-state index in [-0.39, 0.29) is 11.1 Å². The summed E-state index contributed by atoms with van der Waals surface area (Å²) in [7, 11) is -4.07. The number of benzene rings is 1. The van der Waals surface area contributed by atoms with Crippen molar-refractivity contribution in [2.45, 2.75) is 17.9 Å². The van der Waals surface area contributed by atoms with Crippen LogP contribution in [0.15, 0.2) is 18.2 Å². The van der Waals surface area contributed by atoms with E-state index in [2.05, 4.69) is 0 Å². The van der Waals surface area contributed by atoms with Gasteiger partial charge in [0.1, 0.15) is 5.82 Å². The number of rotatable bonds is 5. The maximum Gasteiger partial charge on any atom is 0.321 e. The van der Waals surface area contributed by atoms with Crippen LogP contribution in [0.1, 0.15) is 22.8 Å². The SMILES string of the molecule is CC(C(=O)O)S(=O)(=O)Cc1cc(C(N)=O)ccc1F. The molecule has 0 aromatic heterocycles. The van der Waals surface area contributed by atoms with Gasteiger partial charge in [-0.05, 0) is 25.1 Å². The van der Waals surface area contributed by atoms with Gasteiger partial charge in [0.2, 0.25) is 5.91 Å². The molecule has 19 heavy (non-hydrogen) atoms. The van der Waals surface area contributed by atoms with Crippen LogP contribution in [0.3, 0.4) is 0 Å². The second kappa shape index (κ2) is 5.35. The van der Waals surface area contributed by atoms with Gasteiger partial charge in [0.25, 0.3) is 0 Å². The van der Waals surface area contributed by atoms with Crippen molar-refractivity contribution in [1.29, 1.82) is 0 Å². The average molecular weight is 289 g/mol. The molecular weight excluding hydrogens is 277 g/mol. The minimum atomic E-state index is -4.07. The highest BCUT2D eigenvalue weighted by molar-refractivity contribution is 7.91. The Hall–Kier alpha value is -1.96. The molecule has 0 aliphatic rings. The predicted octanol–water partition coefficient (Wildman–Crippen LogP) is 0.313. The van der Waals surface area contributed by atoms with Gasteiger partial charge in [0.05, 0.1) is 5.75 Å². The van der Waals surface area contributed by atoms with Crippen LogP contribution in [0.4, 0.5) is 4.39 Å². The molecule has 1 unspecified atom stereocenters. The summed E-state index contributed by atoms with van der Waals surface area (Å²) in [5.74, 6) is -4.00. The van der Waals surface area contributed by atoms with Crippen LogP contribution in [0.5, 0.6) is 0 Å². The molecule has 8 heteroatoms. The zero-order valence-corrected chi connectivity index (χ0v) is 10.8. The molecule has 0 saturated carbocycles. The fourth-order valence-corrected chi connectivity index (χ4v) is 2.55. The molecule has 0 fully saturated rings. The smallest absolute Gasteiger partial charge is 0.321 e. The number of carbonyl (C=O) groups excluding carboxylic acids is 1. The summed E-state index contributed by atoms with van der Waals surface area (Å²) >= 11 is 0. The first kappa shape index (κ1) is 15.1. The van der Waals surface area contributed by atoms with Crippen LogP contribution in [0.2, 0.25) is 0 Å². The highest BCUT2D eigenvalue weighted by Crippen LogP contribution is 2.16. The molecule has 3 N–H and O–H groups in total. The Labute approximate surface area is 109 Å². The first-order valence-electron chi connectivity index (χ1n) is 5.17. The van der Waals surface area contributed by atoms with Crippen molar-refractivity contribution >= 4 is 21.7 Å². The third-order valence-electron chi connectivity index (χ3n) is 2.57. The zero-order valence-electron chi connectivity index (χ0n) is 9.96. The van der Waals surface area contributed by atoms with Gasteiger partial charge in [0.15, 0.2) is 15.1 Å². The number of aliphatic carboxylic acids is 1. The van der Waals surface area contributed by atoms with Crippen LogP contribution >= 0.6 is 0 Å². The van der Waals surface area contributed by atoms with Crippen molar-refractivity contribution in [1.82, 2.24) is 0 Å². The Bertz CT molecular complexity index is 626. The second-order valence-electron chi connectivity index (χ2n) is 3.96. The molecular formula is C11H12FNO5S. The summed E-state index contributed by atoms with van der Waals surface area (Å²) in [4.78, 5) is 21.6. The highest BCUT2D eigenvalue weighted by Gasteiger charge is 2.28. The van der Waals surface area contributed by atoms with E-state index in [0.717, 1.165) is 25.1 Å². The van der Waals surface area contributed by atoms with Gasteiger partial charge in [-0.1, -0.05) is 0 Å².